The molecule has 0 bridgehead atoms. The quantitative estimate of drug-likeness (QED) is 0.889. The zero-order valence-electron chi connectivity index (χ0n) is 12.0. The van der Waals surface area contributed by atoms with Crippen LogP contribution in [0.1, 0.15) is 39.7 Å². The maximum atomic E-state index is 8.92. The van der Waals surface area contributed by atoms with Crippen LogP contribution >= 0.6 is 15.9 Å². The Morgan fingerprint density at radius 2 is 2.11 bits per heavy atom. The van der Waals surface area contributed by atoms with Crippen LogP contribution in [0.25, 0.3) is 0 Å². The second-order valence-electron chi connectivity index (χ2n) is 5.50. The van der Waals surface area contributed by atoms with Crippen molar-refractivity contribution in [2.75, 3.05) is 0 Å². The monoisotopic (exact) mass is 324 g/mol. The summed E-state index contributed by atoms with van der Waals surface area (Å²) in [4.78, 5) is 0. The molecular formula is C15H21BrN2O. The molecule has 1 aromatic rings. The summed E-state index contributed by atoms with van der Waals surface area (Å²) in [6, 6.07) is 7.95. The van der Waals surface area contributed by atoms with Crippen molar-refractivity contribution in [3.63, 3.8) is 0 Å². The third kappa shape index (κ3) is 5.63. The van der Waals surface area contributed by atoms with E-state index in [9.17, 15) is 0 Å². The molecule has 0 aliphatic rings. The highest BCUT2D eigenvalue weighted by Gasteiger charge is 2.12. The number of nitrogens with zero attached hydrogens (tertiary/aromatic N) is 1. The van der Waals surface area contributed by atoms with Gasteiger partial charge in [-0.1, -0.05) is 22.9 Å². The van der Waals surface area contributed by atoms with Crippen molar-refractivity contribution in [2.45, 2.75) is 52.3 Å². The van der Waals surface area contributed by atoms with Gasteiger partial charge in [0.15, 0.2) is 6.10 Å². The number of nitriles is 1. The molecule has 1 aromatic carbocycles. The van der Waals surface area contributed by atoms with E-state index in [0.29, 0.717) is 6.42 Å². The lowest BCUT2D eigenvalue weighted by atomic mass is 10.1. The first-order chi connectivity index (χ1) is 8.85. The molecule has 1 atom stereocenters. The van der Waals surface area contributed by atoms with Gasteiger partial charge in [-0.2, -0.15) is 5.26 Å². The topological polar surface area (TPSA) is 45.0 Å². The van der Waals surface area contributed by atoms with E-state index >= 15 is 0 Å². The predicted molar refractivity (Wildman–Crippen MR) is 81.1 cm³/mol. The smallest absolute Gasteiger partial charge is 0.184 e. The standard InChI is InChI=1S/C15H21BrN2O/c1-5-12(9-17)19-13-6-7-14(16)11(8-13)10-18-15(2,3)4/h6-8,12,18H,5,10H2,1-4H3. The number of hydrogen-bond donors (Lipinski definition) is 1. The molecule has 1 unspecified atom stereocenters. The Hall–Kier alpha value is -1.05. The van der Waals surface area contributed by atoms with Crippen LogP contribution in [-0.2, 0) is 6.54 Å². The largest absolute Gasteiger partial charge is 0.476 e. The van der Waals surface area contributed by atoms with Crippen LogP contribution in [0.2, 0.25) is 0 Å². The molecule has 0 heterocycles. The second kappa shape index (κ2) is 6.93. The maximum absolute atomic E-state index is 8.92. The van der Waals surface area contributed by atoms with E-state index in [-0.39, 0.29) is 11.6 Å². The molecule has 0 aliphatic carbocycles. The lowest BCUT2D eigenvalue weighted by Crippen LogP contribution is -2.35. The van der Waals surface area contributed by atoms with Gasteiger partial charge < -0.3 is 10.1 Å². The molecule has 3 nitrogen and oxygen atoms in total. The molecule has 0 radical (unpaired) electrons. The highest BCUT2D eigenvalue weighted by molar-refractivity contribution is 9.10. The van der Waals surface area contributed by atoms with Gasteiger partial charge in [0.05, 0.1) is 0 Å². The molecule has 0 amide bonds. The van der Waals surface area contributed by atoms with Gasteiger partial charge in [0.1, 0.15) is 11.8 Å². The summed E-state index contributed by atoms with van der Waals surface area (Å²) in [5.74, 6) is 0.738. The molecular weight excluding hydrogens is 304 g/mol. The third-order valence-corrected chi connectivity index (χ3v) is 3.39. The normalized spacial score (nSPS) is 12.8. The Bertz CT molecular complexity index is 460. The highest BCUT2D eigenvalue weighted by Crippen LogP contribution is 2.24. The van der Waals surface area contributed by atoms with Crippen LogP contribution in [0.3, 0.4) is 0 Å². The molecule has 0 aliphatic heterocycles. The summed E-state index contributed by atoms with van der Waals surface area (Å²) in [6.07, 6.45) is 0.298. The molecule has 1 N–H and O–H groups in total. The van der Waals surface area contributed by atoms with Crippen molar-refractivity contribution >= 4 is 15.9 Å². The molecule has 1 rings (SSSR count). The third-order valence-electron chi connectivity index (χ3n) is 2.62. The second-order valence-corrected chi connectivity index (χ2v) is 6.35. The van der Waals surface area contributed by atoms with Crippen molar-refractivity contribution in [1.82, 2.24) is 5.32 Å². The molecule has 0 saturated heterocycles. The molecule has 4 heteroatoms. The van der Waals surface area contributed by atoms with E-state index in [1.54, 1.807) is 0 Å². The maximum Gasteiger partial charge on any atom is 0.184 e. The van der Waals surface area contributed by atoms with Gasteiger partial charge in [0.2, 0.25) is 0 Å². The van der Waals surface area contributed by atoms with Crippen LogP contribution in [0.15, 0.2) is 22.7 Å². The predicted octanol–water partition coefficient (Wildman–Crippen LogP) is 4.02. The van der Waals surface area contributed by atoms with Crippen LogP contribution in [0.5, 0.6) is 5.75 Å². The van der Waals surface area contributed by atoms with Gasteiger partial charge in [-0.15, -0.1) is 0 Å². The van der Waals surface area contributed by atoms with E-state index < -0.39 is 0 Å². The van der Waals surface area contributed by atoms with Crippen molar-refractivity contribution in [1.29, 1.82) is 5.26 Å². The Labute approximate surface area is 124 Å². The fraction of sp³-hybridized carbons (Fsp3) is 0.533. The van der Waals surface area contributed by atoms with E-state index in [1.807, 2.05) is 25.1 Å². The fourth-order valence-corrected chi connectivity index (χ4v) is 1.87. The Morgan fingerprint density at radius 3 is 2.63 bits per heavy atom. The lowest BCUT2D eigenvalue weighted by molar-refractivity contribution is 0.251. The first kappa shape index (κ1) is 16.0. The number of hydrogen-bond acceptors (Lipinski definition) is 3. The summed E-state index contributed by atoms with van der Waals surface area (Å²) < 4.78 is 6.67. The lowest BCUT2D eigenvalue weighted by Gasteiger charge is -2.21. The van der Waals surface area contributed by atoms with Crippen LogP contribution in [0.4, 0.5) is 0 Å². The summed E-state index contributed by atoms with van der Waals surface area (Å²) in [5.41, 5.74) is 1.19. The summed E-state index contributed by atoms with van der Waals surface area (Å²) in [7, 11) is 0. The zero-order chi connectivity index (χ0) is 14.5. The van der Waals surface area contributed by atoms with Gasteiger partial charge in [-0.25, -0.2) is 0 Å². The summed E-state index contributed by atoms with van der Waals surface area (Å²) in [5, 5.41) is 12.4. The Balaban J connectivity index is 2.80. The van der Waals surface area contributed by atoms with Gasteiger partial charge in [0, 0.05) is 16.6 Å². The van der Waals surface area contributed by atoms with Crippen molar-refractivity contribution in [3.05, 3.63) is 28.2 Å². The molecule has 0 fully saturated rings. The average molecular weight is 325 g/mol. The van der Waals surface area contributed by atoms with Crippen LogP contribution in [-0.4, -0.2) is 11.6 Å². The Morgan fingerprint density at radius 1 is 1.42 bits per heavy atom. The molecule has 104 valence electrons. The summed E-state index contributed by atoms with van der Waals surface area (Å²) >= 11 is 3.54. The van der Waals surface area contributed by atoms with Crippen molar-refractivity contribution in [3.8, 4) is 11.8 Å². The average Bonchev–Trinajstić information content (AvgIpc) is 2.35. The van der Waals surface area contributed by atoms with Crippen molar-refractivity contribution in [2.24, 2.45) is 0 Å². The minimum absolute atomic E-state index is 0.0644. The van der Waals surface area contributed by atoms with E-state index in [2.05, 4.69) is 48.1 Å². The van der Waals surface area contributed by atoms with Crippen LogP contribution < -0.4 is 10.1 Å². The minimum Gasteiger partial charge on any atom is -0.476 e. The SMILES string of the molecule is CCC(C#N)Oc1ccc(Br)c(CNC(C)(C)C)c1. The van der Waals surface area contributed by atoms with Gasteiger partial charge in [-0.3, -0.25) is 0 Å². The van der Waals surface area contributed by atoms with E-state index in [1.165, 1.54) is 0 Å². The molecule has 19 heavy (non-hydrogen) atoms. The fourth-order valence-electron chi connectivity index (χ4n) is 1.49. The molecule has 0 spiro atoms. The van der Waals surface area contributed by atoms with E-state index in [4.69, 9.17) is 10.00 Å². The number of benzene rings is 1. The number of nitrogens with one attached hydrogen (secondary N) is 1. The van der Waals surface area contributed by atoms with Gasteiger partial charge >= 0.3 is 0 Å². The molecule has 0 aromatic heterocycles. The zero-order valence-corrected chi connectivity index (χ0v) is 13.5. The Kier molecular flexibility index (Phi) is 5.84. The number of halogens is 1. The van der Waals surface area contributed by atoms with Crippen molar-refractivity contribution < 1.29 is 4.74 Å². The highest BCUT2D eigenvalue weighted by atomic mass is 79.9. The van der Waals surface area contributed by atoms with E-state index in [0.717, 1.165) is 22.3 Å². The molecule has 0 saturated carbocycles. The van der Waals surface area contributed by atoms with Crippen LogP contribution in [0, 0.1) is 11.3 Å². The van der Waals surface area contributed by atoms with Gasteiger partial charge in [0.25, 0.3) is 0 Å². The number of ether oxygens (including phenoxy) is 1. The van der Waals surface area contributed by atoms with Gasteiger partial charge in [-0.05, 0) is 51.0 Å². The first-order valence-corrected chi connectivity index (χ1v) is 7.24. The summed E-state index contributed by atoms with van der Waals surface area (Å²) in [6.45, 7) is 9.08. The number of rotatable bonds is 5. The minimum atomic E-state index is -0.385. The first-order valence-electron chi connectivity index (χ1n) is 6.45.